The average molecular weight is 652 g/mol. The lowest BCUT2D eigenvalue weighted by Gasteiger charge is -2.43. The largest absolute Gasteiger partial charge is 0.463 e. The summed E-state index contributed by atoms with van der Waals surface area (Å²) in [6.07, 6.45) is 0.584. The molecule has 10 nitrogen and oxygen atoms in total. The molecule has 0 saturated carbocycles. The van der Waals surface area contributed by atoms with Gasteiger partial charge in [-0.05, 0) is 38.0 Å². The molecule has 2 aromatic carbocycles. The number of benzene rings is 2. The Labute approximate surface area is 272 Å². The molecule has 1 atom stereocenters. The van der Waals surface area contributed by atoms with Crippen molar-refractivity contribution in [2.45, 2.75) is 19.0 Å². The second kappa shape index (κ2) is 13.0. The first-order chi connectivity index (χ1) is 22.1. The Morgan fingerprint density at radius 2 is 2.02 bits per heavy atom. The van der Waals surface area contributed by atoms with Crippen LogP contribution in [0.25, 0.3) is 15.6 Å². The van der Waals surface area contributed by atoms with E-state index in [2.05, 4.69) is 21.2 Å². The average Bonchev–Trinajstić information content (AvgIpc) is 3.02. The predicted octanol–water partition coefficient (Wildman–Crippen LogP) is 4.36. The Morgan fingerprint density at radius 3 is 2.72 bits per heavy atom. The highest BCUT2D eigenvalue weighted by atomic mass is 35.5. The number of hydrogen-bond acceptors (Lipinski definition) is 8. The number of amides is 1. The number of hydrogen-bond donors (Lipinski definition) is 0. The van der Waals surface area contributed by atoms with E-state index in [-0.39, 0.29) is 29.5 Å². The number of ether oxygens (including phenoxy) is 2. The number of rotatable bonds is 9. The van der Waals surface area contributed by atoms with E-state index in [1.54, 1.807) is 6.07 Å². The lowest BCUT2D eigenvalue weighted by atomic mass is 9.86. The van der Waals surface area contributed by atoms with Crippen molar-refractivity contribution < 1.29 is 23.0 Å². The number of nitrogens with zero attached hydrogens (tertiary/aromatic N) is 7. The fraction of sp³-hybridized carbons (Fsp3) is 0.455. The zero-order valence-corrected chi connectivity index (χ0v) is 26.7. The minimum Gasteiger partial charge on any atom is -0.463 e. The Kier molecular flexibility index (Phi) is 9.01. The second-order valence-electron chi connectivity index (χ2n) is 12.5. The minimum absolute atomic E-state index is 0.0192. The van der Waals surface area contributed by atoms with E-state index in [0.717, 1.165) is 28.9 Å². The molecule has 0 unspecified atom stereocenters. The normalized spacial score (nSPS) is 19.1. The minimum atomic E-state index is -1.04. The van der Waals surface area contributed by atoms with Gasteiger partial charge in [0.05, 0.1) is 35.9 Å². The smallest absolute Gasteiger partial charge is 0.318 e. The van der Waals surface area contributed by atoms with Crippen molar-refractivity contribution in [2.75, 3.05) is 83.0 Å². The summed E-state index contributed by atoms with van der Waals surface area (Å²) in [5.74, 6) is -1.64. The highest BCUT2D eigenvalue weighted by Gasteiger charge is 2.41. The predicted molar refractivity (Wildman–Crippen MR) is 172 cm³/mol. The van der Waals surface area contributed by atoms with Crippen molar-refractivity contribution in [1.82, 2.24) is 19.8 Å². The summed E-state index contributed by atoms with van der Waals surface area (Å²) >= 11 is 6.49. The Balaban J connectivity index is 1.35. The molecule has 3 aliphatic rings. The van der Waals surface area contributed by atoms with Crippen LogP contribution in [0.3, 0.4) is 0 Å². The van der Waals surface area contributed by atoms with Crippen LogP contribution in [0, 0.1) is 17.8 Å². The van der Waals surface area contributed by atoms with Crippen molar-refractivity contribution in [3.05, 3.63) is 76.3 Å². The Hall–Kier alpha value is -4.05. The van der Waals surface area contributed by atoms with E-state index >= 15 is 0 Å². The van der Waals surface area contributed by atoms with Crippen LogP contribution in [0.5, 0.6) is 6.01 Å². The summed E-state index contributed by atoms with van der Waals surface area (Å²) in [6.45, 7) is 14.9. The van der Waals surface area contributed by atoms with Gasteiger partial charge in [0.25, 0.3) is 5.91 Å². The van der Waals surface area contributed by atoms with E-state index < -0.39 is 23.6 Å². The third-order valence-corrected chi connectivity index (χ3v) is 9.20. The van der Waals surface area contributed by atoms with Crippen LogP contribution >= 0.6 is 11.6 Å². The van der Waals surface area contributed by atoms with Crippen molar-refractivity contribution in [3.63, 3.8) is 0 Å². The highest BCUT2D eigenvalue weighted by molar-refractivity contribution is 6.36. The molecule has 13 heteroatoms. The maximum absolute atomic E-state index is 14.6. The van der Waals surface area contributed by atoms with E-state index in [9.17, 15) is 13.6 Å². The van der Waals surface area contributed by atoms with E-state index in [0.29, 0.717) is 63.6 Å². The molecule has 1 amide bonds. The number of halogens is 3. The summed E-state index contributed by atoms with van der Waals surface area (Å²) in [5.41, 5.74) is 2.33. The molecule has 3 aliphatic heterocycles. The van der Waals surface area contributed by atoms with Crippen LogP contribution in [0.1, 0.15) is 11.3 Å². The fourth-order valence-corrected chi connectivity index (χ4v) is 6.98. The number of carbonyl (C=O) groups is 1. The Bertz CT molecular complexity index is 1710. The third kappa shape index (κ3) is 6.19. The van der Waals surface area contributed by atoms with Crippen molar-refractivity contribution in [3.8, 4) is 6.01 Å². The molecule has 242 valence electrons. The first-order valence-corrected chi connectivity index (χ1v) is 15.6. The number of fused-ring (bicyclic) bond motifs is 2. The summed E-state index contributed by atoms with van der Waals surface area (Å²) in [4.78, 5) is 33.5. The molecule has 2 saturated heterocycles. The molecular formula is C33H36ClF2N7O3. The molecule has 0 aliphatic carbocycles. The zero-order valence-electron chi connectivity index (χ0n) is 25.9. The quantitative estimate of drug-likeness (QED) is 0.250. The van der Waals surface area contributed by atoms with Gasteiger partial charge in [0, 0.05) is 49.4 Å². The standard InChI is InChI=1S/C33H36ClF2N7O3/c1-21(35)31(44)43-13-12-42(15-23(43)14-37-2)30-24-10-11-41(27-7-5-6-22-8-9-25(36)29(34)28(22)27)16-26(24)38-32(39-30)46-20-33(17-40(3)4)18-45-19-33/h5-9,23H,1,10-20H2,3-4H3/t23-/m0/s1. The molecule has 46 heavy (non-hydrogen) atoms. The van der Waals surface area contributed by atoms with Crippen LogP contribution in [-0.4, -0.2) is 105 Å². The Morgan fingerprint density at radius 1 is 1.22 bits per heavy atom. The van der Waals surface area contributed by atoms with Gasteiger partial charge in [-0.3, -0.25) is 4.79 Å². The first-order valence-electron chi connectivity index (χ1n) is 15.2. The lowest BCUT2D eigenvalue weighted by molar-refractivity contribution is -0.140. The van der Waals surface area contributed by atoms with Gasteiger partial charge in [-0.1, -0.05) is 36.4 Å². The van der Waals surface area contributed by atoms with Gasteiger partial charge >= 0.3 is 6.01 Å². The molecule has 0 bridgehead atoms. The van der Waals surface area contributed by atoms with Crippen LogP contribution in [-0.2, 0) is 22.5 Å². The van der Waals surface area contributed by atoms with Gasteiger partial charge in [-0.2, -0.15) is 9.97 Å². The number of piperazine rings is 1. The summed E-state index contributed by atoms with van der Waals surface area (Å²) < 4.78 is 40.3. The molecule has 4 heterocycles. The number of carbonyl (C=O) groups excluding carboxylic acids is 1. The summed E-state index contributed by atoms with van der Waals surface area (Å²) in [5, 5.41) is 1.56. The van der Waals surface area contributed by atoms with E-state index in [4.69, 9.17) is 37.6 Å². The van der Waals surface area contributed by atoms with Crippen molar-refractivity contribution >= 4 is 39.8 Å². The summed E-state index contributed by atoms with van der Waals surface area (Å²) in [6, 6.07) is 8.55. The molecule has 0 radical (unpaired) electrons. The molecule has 0 N–H and O–H groups in total. The van der Waals surface area contributed by atoms with Crippen LogP contribution < -0.4 is 14.5 Å². The first kappa shape index (κ1) is 31.9. The zero-order chi connectivity index (χ0) is 32.6. The van der Waals surface area contributed by atoms with Gasteiger partial charge in [0.1, 0.15) is 24.3 Å². The molecule has 3 aromatic rings. The highest BCUT2D eigenvalue weighted by Crippen LogP contribution is 2.38. The molecule has 2 fully saturated rings. The van der Waals surface area contributed by atoms with Crippen molar-refractivity contribution in [1.29, 1.82) is 0 Å². The summed E-state index contributed by atoms with van der Waals surface area (Å²) in [7, 11) is 4.02. The molecular weight excluding hydrogens is 616 g/mol. The molecule has 6 rings (SSSR count). The van der Waals surface area contributed by atoms with Crippen molar-refractivity contribution in [2.24, 2.45) is 5.41 Å². The maximum atomic E-state index is 14.6. The molecule has 0 spiro atoms. The van der Waals surface area contributed by atoms with Crippen LogP contribution in [0.2, 0.25) is 5.02 Å². The number of aromatic nitrogens is 2. The molecule has 1 aromatic heterocycles. The maximum Gasteiger partial charge on any atom is 0.318 e. The van der Waals surface area contributed by atoms with E-state index in [1.165, 1.54) is 11.0 Å². The SMILES string of the molecule is [C-]#[N+]C[C@H]1CN(c2nc(OCC3(CN(C)C)COC3)nc3c2CCN(c2cccc4ccc(F)c(Cl)c24)C3)CCN1C(=O)C(=C)F. The fourth-order valence-electron chi connectivity index (χ4n) is 6.71. The van der Waals surface area contributed by atoms with Crippen LogP contribution in [0.15, 0.2) is 42.7 Å². The van der Waals surface area contributed by atoms with Gasteiger partial charge in [0.15, 0.2) is 5.83 Å². The lowest BCUT2D eigenvalue weighted by Crippen LogP contribution is -2.57. The van der Waals surface area contributed by atoms with E-state index in [1.807, 2.05) is 37.2 Å². The monoisotopic (exact) mass is 651 g/mol. The van der Waals surface area contributed by atoms with Gasteiger partial charge in [-0.25, -0.2) is 15.4 Å². The van der Waals surface area contributed by atoms with Gasteiger partial charge in [0.2, 0.25) is 6.54 Å². The van der Waals surface area contributed by atoms with Gasteiger partial charge < -0.3 is 33.9 Å². The third-order valence-electron chi connectivity index (χ3n) is 8.83. The van der Waals surface area contributed by atoms with Gasteiger partial charge in [-0.15, -0.1) is 0 Å². The van der Waals surface area contributed by atoms with Crippen LogP contribution in [0.4, 0.5) is 20.3 Å². The second-order valence-corrected chi connectivity index (χ2v) is 12.9. The topological polar surface area (TPSA) is 78.6 Å². The number of anilines is 2.